The highest BCUT2D eigenvalue weighted by atomic mass is 32.2. The molecule has 0 aromatic heterocycles. The molecule has 0 fully saturated rings. The Morgan fingerprint density at radius 3 is 2.21 bits per heavy atom. The third-order valence-electron chi connectivity index (χ3n) is 2.10. The predicted octanol–water partition coefficient (Wildman–Crippen LogP) is 3.32. The largest absolute Gasteiger partial charge is 0.322 e. The van der Waals surface area contributed by atoms with Gasteiger partial charge in [-0.2, -0.15) is 0 Å². The Bertz CT molecular complexity index is 316. The highest BCUT2D eigenvalue weighted by molar-refractivity contribution is 7.99. The lowest BCUT2D eigenvalue weighted by atomic mass is 9.96. The maximum atomic E-state index is 6.10. The van der Waals surface area contributed by atoms with Gasteiger partial charge in [0, 0.05) is 15.3 Å². The van der Waals surface area contributed by atoms with Crippen molar-refractivity contribution in [2.24, 2.45) is 5.73 Å². The molecule has 0 saturated heterocycles. The van der Waals surface area contributed by atoms with Gasteiger partial charge in [-0.15, -0.1) is 23.5 Å². The molecule has 1 aromatic carbocycles. The van der Waals surface area contributed by atoms with E-state index in [1.54, 1.807) is 23.5 Å². The van der Waals surface area contributed by atoms with Crippen molar-refractivity contribution in [3.05, 3.63) is 23.8 Å². The van der Waals surface area contributed by atoms with Gasteiger partial charge < -0.3 is 5.73 Å². The highest BCUT2D eigenvalue weighted by Gasteiger charge is 2.17. The molecule has 2 N–H and O–H groups in total. The van der Waals surface area contributed by atoms with E-state index in [0.717, 1.165) is 0 Å². The van der Waals surface area contributed by atoms with Crippen LogP contribution in [0, 0.1) is 0 Å². The summed E-state index contributed by atoms with van der Waals surface area (Å²) in [4.78, 5) is 2.58. The van der Waals surface area contributed by atoms with E-state index in [1.165, 1.54) is 15.4 Å². The molecule has 0 radical (unpaired) electrons. The van der Waals surface area contributed by atoms with Crippen molar-refractivity contribution >= 4 is 23.5 Å². The van der Waals surface area contributed by atoms with E-state index >= 15 is 0 Å². The van der Waals surface area contributed by atoms with Gasteiger partial charge >= 0.3 is 0 Å². The fourth-order valence-electron chi connectivity index (χ4n) is 1.33. The molecule has 0 aliphatic heterocycles. The summed E-state index contributed by atoms with van der Waals surface area (Å²) in [6.07, 6.45) is 4.18. The summed E-state index contributed by atoms with van der Waals surface area (Å²) < 4.78 is 0. The summed E-state index contributed by atoms with van der Waals surface area (Å²) in [5.41, 5.74) is 7.07. The minimum absolute atomic E-state index is 0.255. The SMILES string of the molecule is CSc1ccc(C(C)(C)N)c(SC)c1. The Hall–Kier alpha value is -0.120. The van der Waals surface area contributed by atoms with Crippen LogP contribution in [-0.2, 0) is 5.54 Å². The first-order valence-corrected chi connectivity index (χ1v) is 6.95. The number of rotatable bonds is 3. The first-order chi connectivity index (χ1) is 6.49. The van der Waals surface area contributed by atoms with Crippen LogP contribution in [0.3, 0.4) is 0 Å². The Labute approximate surface area is 94.8 Å². The highest BCUT2D eigenvalue weighted by Crippen LogP contribution is 2.31. The zero-order valence-electron chi connectivity index (χ0n) is 9.13. The minimum atomic E-state index is -0.255. The molecule has 0 amide bonds. The van der Waals surface area contributed by atoms with Crippen molar-refractivity contribution in [3.8, 4) is 0 Å². The Morgan fingerprint density at radius 1 is 1.14 bits per heavy atom. The number of nitrogens with two attached hydrogens (primary N) is 1. The number of thioether (sulfide) groups is 2. The molecule has 0 saturated carbocycles. The average molecular weight is 227 g/mol. The van der Waals surface area contributed by atoms with E-state index in [1.807, 2.05) is 13.8 Å². The molecule has 0 bridgehead atoms. The summed E-state index contributed by atoms with van der Waals surface area (Å²) >= 11 is 3.52. The maximum Gasteiger partial charge on any atom is 0.0363 e. The van der Waals surface area contributed by atoms with Crippen molar-refractivity contribution in [1.29, 1.82) is 0 Å². The van der Waals surface area contributed by atoms with Gasteiger partial charge in [-0.3, -0.25) is 0 Å². The molecule has 3 heteroatoms. The first kappa shape index (κ1) is 12.0. The lowest BCUT2D eigenvalue weighted by molar-refractivity contribution is 0.542. The Balaban J connectivity index is 3.18. The van der Waals surface area contributed by atoms with E-state index < -0.39 is 0 Å². The lowest BCUT2D eigenvalue weighted by Crippen LogP contribution is -2.29. The Morgan fingerprint density at radius 2 is 1.79 bits per heavy atom. The predicted molar refractivity (Wildman–Crippen MR) is 67.2 cm³/mol. The Kier molecular flexibility index (Phi) is 3.93. The fraction of sp³-hybridized carbons (Fsp3) is 0.455. The molecule has 1 nitrogen and oxygen atoms in total. The topological polar surface area (TPSA) is 26.0 Å². The second kappa shape index (κ2) is 4.60. The van der Waals surface area contributed by atoms with E-state index in [-0.39, 0.29) is 5.54 Å². The van der Waals surface area contributed by atoms with Gasteiger partial charge in [0.15, 0.2) is 0 Å². The molecular weight excluding hydrogens is 210 g/mol. The van der Waals surface area contributed by atoms with Crippen molar-refractivity contribution in [2.45, 2.75) is 29.2 Å². The second-order valence-electron chi connectivity index (χ2n) is 3.79. The van der Waals surface area contributed by atoms with E-state index in [4.69, 9.17) is 5.73 Å². The maximum absolute atomic E-state index is 6.10. The number of hydrogen-bond acceptors (Lipinski definition) is 3. The molecule has 0 unspecified atom stereocenters. The molecular formula is C11H17NS2. The monoisotopic (exact) mass is 227 g/mol. The summed E-state index contributed by atoms with van der Waals surface area (Å²) in [7, 11) is 0. The van der Waals surface area contributed by atoms with Gasteiger partial charge in [-0.25, -0.2) is 0 Å². The summed E-state index contributed by atoms with van der Waals surface area (Å²) in [5.74, 6) is 0. The zero-order chi connectivity index (χ0) is 10.8. The minimum Gasteiger partial charge on any atom is -0.322 e. The standard InChI is InChI=1S/C11H17NS2/c1-11(2,12)9-6-5-8(13-3)7-10(9)14-4/h5-7H,12H2,1-4H3. The molecule has 78 valence electrons. The van der Waals surface area contributed by atoms with Gasteiger partial charge in [0.25, 0.3) is 0 Å². The summed E-state index contributed by atoms with van der Waals surface area (Å²) in [6, 6.07) is 6.48. The third kappa shape index (κ3) is 2.69. The molecule has 0 atom stereocenters. The van der Waals surface area contributed by atoms with Crippen molar-refractivity contribution in [1.82, 2.24) is 0 Å². The molecule has 1 rings (SSSR count). The van der Waals surface area contributed by atoms with Gasteiger partial charge in [0.2, 0.25) is 0 Å². The van der Waals surface area contributed by atoms with Crippen LogP contribution in [0.4, 0.5) is 0 Å². The van der Waals surface area contributed by atoms with Crippen molar-refractivity contribution in [3.63, 3.8) is 0 Å². The summed E-state index contributed by atoms with van der Waals surface area (Å²) in [6.45, 7) is 4.08. The van der Waals surface area contributed by atoms with Crippen LogP contribution in [0.5, 0.6) is 0 Å². The normalized spacial score (nSPS) is 11.8. The number of hydrogen-bond donors (Lipinski definition) is 1. The fourth-order valence-corrected chi connectivity index (χ4v) is 2.64. The van der Waals surface area contributed by atoms with Crippen molar-refractivity contribution < 1.29 is 0 Å². The van der Waals surface area contributed by atoms with Crippen LogP contribution in [0.2, 0.25) is 0 Å². The molecule has 0 heterocycles. The molecule has 0 aliphatic rings. The van der Waals surface area contributed by atoms with Gasteiger partial charge in [0.1, 0.15) is 0 Å². The van der Waals surface area contributed by atoms with E-state index in [0.29, 0.717) is 0 Å². The van der Waals surface area contributed by atoms with Gasteiger partial charge in [-0.1, -0.05) is 6.07 Å². The lowest BCUT2D eigenvalue weighted by Gasteiger charge is -2.22. The van der Waals surface area contributed by atoms with Crippen molar-refractivity contribution in [2.75, 3.05) is 12.5 Å². The van der Waals surface area contributed by atoms with Crippen LogP contribution >= 0.6 is 23.5 Å². The molecule has 1 aromatic rings. The van der Waals surface area contributed by atoms with E-state index in [9.17, 15) is 0 Å². The number of benzene rings is 1. The third-order valence-corrected chi connectivity index (χ3v) is 3.61. The summed E-state index contributed by atoms with van der Waals surface area (Å²) in [5, 5.41) is 0. The quantitative estimate of drug-likeness (QED) is 0.802. The average Bonchev–Trinajstić information content (AvgIpc) is 2.15. The molecule has 14 heavy (non-hydrogen) atoms. The van der Waals surface area contributed by atoms with Crippen LogP contribution in [0.25, 0.3) is 0 Å². The zero-order valence-corrected chi connectivity index (χ0v) is 10.8. The molecule has 0 spiro atoms. The molecule has 0 aliphatic carbocycles. The van der Waals surface area contributed by atoms with Crippen LogP contribution in [0.15, 0.2) is 28.0 Å². The van der Waals surface area contributed by atoms with Crippen LogP contribution < -0.4 is 5.73 Å². The van der Waals surface area contributed by atoms with Gasteiger partial charge in [-0.05, 0) is 44.1 Å². The second-order valence-corrected chi connectivity index (χ2v) is 5.52. The van der Waals surface area contributed by atoms with Gasteiger partial charge in [0.05, 0.1) is 0 Å². The first-order valence-electron chi connectivity index (χ1n) is 4.50. The smallest absolute Gasteiger partial charge is 0.0363 e. The van der Waals surface area contributed by atoms with E-state index in [2.05, 4.69) is 30.7 Å². The van der Waals surface area contributed by atoms with Crippen LogP contribution in [0.1, 0.15) is 19.4 Å². The van der Waals surface area contributed by atoms with Crippen LogP contribution in [-0.4, -0.2) is 12.5 Å².